The summed E-state index contributed by atoms with van der Waals surface area (Å²) < 4.78 is 16.2. The molecular weight excluding hydrogens is 574 g/mol. The predicted octanol–water partition coefficient (Wildman–Crippen LogP) is 6.44. The van der Waals surface area contributed by atoms with Crippen molar-refractivity contribution >= 4 is 23.7 Å². The third-order valence-corrected chi connectivity index (χ3v) is 7.96. The van der Waals surface area contributed by atoms with Crippen molar-refractivity contribution in [2.45, 2.75) is 70.4 Å². The highest BCUT2D eigenvalue weighted by Crippen LogP contribution is 2.44. The van der Waals surface area contributed by atoms with E-state index >= 15 is 0 Å². The van der Waals surface area contributed by atoms with Crippen molar-refractivity contribution in [3.63, 3.8) is 0 Å². The molecule has 0 saturated carbocycles. The Hall–Kier alpha value is -4.79. The number of nitrogens with one attached hydrogen (secondary N) is 1. The number of Topliss-reactive ketones (excluding diaryl/α,β-unsaturated/α-hetero) is 1. The van der Waals surface area contributed by atoms with E-state index in [1.54, 1.807) is 69.7 Å². The molecule has 3 N–H and O–H groups in total. The molecule has 0 bridgehead atoms. The Morgan fingerprint density at radius 2 is 1.62 bits per heavy atom. The van der Waals surface area contributed by atoms with Gasteiger partial charge in [-0.15, -0.1) is 0 Å². The van der Waals surface area contributed by atoms with Crippen molar-refractivity contribution < 1.29 is 38.8 Å². The van der Waals surface area contributed by atoms with Crippen molar-refractivity contribution in [1.82, 2.24) is 5.32 Å². The highest BCUT2D eigenvalue weighted by molar-refractivity contribution is 5.98. The van der Waals surface area contributed by atoms with E-state index in [1.807, 2.05) is 12.1 Å². The third kappa shape index (κ3) is 8.88. The standard InChI is InChI=1S/C36H41NO8/c1-23-8-7-11-27(38)10-6-4-5-9-26-20-31(39)34(35(41)33(26)36(42)45-23)30(25-14-18-29(44-3)19-15-25)21-32(40)37-22-24-12-16-28(43-2)17-13-24/h5,9,12-20,23,30,39,41H,4,6-8,10-11,21-22H2,1-3H3,(H,37,40)/t23-,30?/m0/s1. The maximum atomic E-state index is 13.5. The number of hydrogen-bond donors (Lipinski definition) is 3. The van der Waals surface area contributed by atoms with Gasteiger partial charge in [0.05, 0.1) is 20.3 Å². The molecule has 238 valence electrons. The Kier molecular flexibility index (Phi) is 11.6. The van der Waals surface area contributed by atoms with Gasteiger partial charge in [0.25, 0.3) is 0 Å². The Labute approximate surface area is 263 Å². The molecular formula is C36H41NO8. The number of amides is 1. The molecule has 2 atom stereocenters. The van der Waals surface area contributed by atoms with Crippen molar-refractivity contribution in [2.24, 2.45) is 0 Å². The molecule has 0 radical (unpaired) electrons. The number of phenols is 2. The smallest absolute Gasteiger partial charge is 0.342 e. The first-order chi connectivity index (χ1) is 21.7. The quantitative estimate of drug-likeness (QED) is 0.247. The highest BCUT2D eigenvalue weighted by atomic mass is 16.5. The molecule has 9 heteroatoms. The van der Waals surface area contributed by atoms with Crippen molar-refractivity contribution in [2.75, 3.05) is 14.2 Å². The molecule has 1 unspecified atom stereocenters. The lowest BCUT2D eigenvalue weighted by atomic mass is 9.84. The van der Waals surface area contributed by atoms with Crippen molar-refractivity contribution in [3.05, 3.63) is 88.5 Å². The molecule has 4 rings (SSSR count). The maximum Gasteiger partial charge on any atom is 0.342 e. The van der Waals surface area contributed by atoms with E-state index in [0.29, 0.717) is 55.6 Å². The van der Waals surface area contributed by atoms with E-state index < -0.39 is 23.7 Å². The van der Waals surface area contributed by atoms with Crippen LogP contribution in [-0.4, -0.2) is 48.2 Å². The van der Waals surface area contributed by atoms with E-state index in [4.69, 9.17) is 14.2 Å². The maximum absolute atomic E-state index is 13.5. The molecule has 3 aromatic carbocycles. The second kappa shape index (κ2) is 15.8. The number of cyclic esters (lactones) is 1. The van der Waals surface area contributed by atoms with Crippen LogP contribution < -0.4 is 14.8 Å². The number of fused-ring (bicyclic) bond motifs is 1. The fraction of sp³-hybridized carbons (Fsp3) is 0.361. The van der Waals surface area contributed by atoms with E-state index in [1.165, 1.54) is 6.07 Å². The van der Waals surface area contributed by atoms with Crippen LogP contribution in [0.2, 0.25) is 0 Å². The van der Waals surface area contributed by atoms with Gasteiger partial charge in [-0.3, -0.25) is 9.59 Å². The monoisotopic (exact) mass is 615 g/mol. The molecule has 45 heavy (non-hydrogen) atoms. The fourth-order valence-electron chi connectivity index (χ4n) is 5.44. The topological polar surface area (TPSA) is 131 Å². The lowest BCUT2D eigenvalue weighted by molar-refractivity contribution is -0.121. The first-order valence-electron chi connectivity index (χ1n) is 15.2. The summed E-state index contributed by atoms with van der Waals surface area (Å²) in [7, 11) is 3.13. The summed E-state index contributed by atoms with van der Waals surface area (Å²) in [6.45, 7) is 2.01. The van der Waals surface area contributed by atoms with Crippen LogP contribution in [0.3, 0.4) is 0 Å². The highest BCUT2D eigenvalue weighted by Gasteiger charge is 2.31. The average Bonchev–Trinajstić information content (AvgIpc) is 3.02. The lowest BCUT2D eigenvalue weighted by Crippen LogP contribution is -2.25. The van der Waals surface area contributed by atoms with E-state index in [2.05, 4.69) is 5.32 Å². The number of carbonyl (C=O) groups excluding carboxylic acids is 3. The van der Waals surface area contributed by atoms with Gasteiger partial charge in [0.15, 0.2) is 0 Å². The number of esters is 1. The van der Waals surface area contributed by atoms with Crippen LogP contribution in [0.4, 0.5) is 0 Å². The Morgan fingerprint density at radius 1 is 0.978 bits per heavy atom. The Morgan fingerprint density at radius 3 is 2.29 bits per heavy atom. The van der Waals surface area contributed by atoms with Crippen LogP contribution in [0, 0.1) is 0 Å². The first-order valence-corrected chi connectivity index (χ1v) is 15.2. The van der Waals surface area contributed by atoms with Gasteiger partial charge in [-0.05, 0) is 79.6 Å². The number of carbonyl (C=O) groups is 3. The number of ether oxygens (including phenoxy) is 3. The number of hydrogen-bond acceptors (Lipinski definition) is 8. The first kappa shape index (κ1) is 33.1. The molecule has 0 spiro atoms. The molecule has 0 fully saturated rings. The predicted molar refractivity (Wildman–Crippen MR) is 171 cm³/mol. The van der Waals surface area contributed by atoms with Gasteiger partial charge in [0.1, 0.15) is 34.3 Å². The van der Waals surface area contributed by atoms with E-state index in [0.717, 1.165) is 5.56 Å². The molecule has 0 aliphatic carbocycles. The second-order valence-electron chi connectivity index (χ2n) is 11.2. The molecule has 0 saturated heterocycles. The Bertz CT molecular complexity index is 1510. The van der Waals surface area contributed by atoms with Gasteiger partial charge in [-0.2, -0.15) is 0 Å². The van der Waals surface area contributed by atoms with E-state index in [-0.39, 0.29) is 47.1 Å². The molecule has 1 aliphatic heterocycles. The third-order valence-electron chi connectivity index (χ3n) is 7.96. The number of aromatic hydroxyl groups is 2. The SMILES string of the molecule is COc1ccc(CNC(=O)CC(c2ccc(OC)cc2)c2c(O)cc3c(c2O)C(=O)O[C@@H](C)CCCC(=O)CCCC=C3)cc1. The minimum absolute atomic E-state index is 0.0447. The summed E-state index contributed by atoms with van der Waals surface area (Å²) in [5, 5.41) is 26.0. The fourth-order valence-corrected chi connectivity index (χ4v) is 5.44. The average molecular weight is 616 g/mol. The van der Waals surface area contributed by atoms with Crippen LogP contribution in [0.1, 0.15) is 90.4 Å². The van der Waals surface area contributed by atoms with Crippen molar-refractivity contribution in [3.8, 4) is 23.0 Å². The van der Waals surface area contributed by atoms with E-state index in [9.17, 15) is 24.6 Å². The van der Waals surface area contributed by atoms with Gasteiger partial charge in [0.2, 0.25) is 5.91 Å². The zero-order valence-electron chi connectivity index (χ0n) is 26.0. The summed E-state index contributed by atoms with van der Waals surface area (Å²) in [4.78, 5) is 39.0. The normalized spacial score (nSPS) is 16.6. The van der Waals surface area contributed by atoms with Crippen LogP contribution >= 0.6 is 0 Å². The van der Waals surface area contributed by atoms with Gasteiger partial charge in [0, 0.05) is 37.3 Å². The summed E-state index contributed by atoms with van der Waals surface area (Å²) in [6, 6.07) is 15.7. The molecule has 1 aliphatic rings. The zero-order valence-corrected chi connectivity index (χ0v) is 26.0. The van der Waals surface area contributed by atoms with Crippen LogP contribution in [0.5, 0.6) is 23.0 Å². The largest absolute Gasteiger partial charge is 0.507 e. The van der Waals surface area contributed by atoms with Crippen LogP contribution in [-0.2, 0) is 20.9 Å². The summed E-state index contributed by atoms with van der Waals surface area (Å²) >= 11 is 0. The lowest BCUT2D eigenvalue weighted by Gasteiger charge is -2.23. The van der Waals surface area contributed by atoms with Gasteiger partial charge in [-0.25, -0.2) is 4.79 Å². The summed E-state index contributed by atoms with van der Waals surface area (Å²) in [5.41, 5.74) is 1.74. The van der Waals surface area contributed by atoms with Crippen LogP contribution in [0.25, 0.3) is 6.08 Å². The van der Waals surface area contributed by atoms with Gasteiger partial charge < -0.3 is 29.7 Å². The molecule has 0 aromatic heterocycles. The number of allylic oxidation sites excluding steroid dienone is 1. The summed E-state index contributed by atoms with van der Waals surface area (Å²) in [6.07, 6.45) is 6.05. The minimum atomic E-state index is -0.814. The molecule has 1 heterocycles. The van der Waals surface area contributed by atoms with Gasteiger partial charge >= 0.3 is 5.97 Å². The number of rotatable bonds is 8. The minimum Gasteiger partial charge on any atom is -0.507 e. The summed E-state index contributed by atoms with van der Waals surface area (Å²) in [5.74, 6) is -1.12. The molecule has 1 amide bonds. The molecule has 9 nitrogen and oxygen atoms in total. The molecule has 3 aromatic rings. The van der Waals surface area contributed by atoms with Gasteiger partial charge in [-0.1, -0.05) is 36.4 Å². The number of phenolic OH excluding ortho intramolecular Hbond substituents is 2. The second-order valence-corrected chi connectivity index (χ2v) is 11.2. The number of benzene rings is 3. The number of methoxy groups -OCH3 is 2. The number of ketones is 1. The van der Waals surface area contributed by atoms with Crippen molar-refractivity contribution in [1.29, 1.82) is 0 Å². The Balaban J connectivity index is 1.72. The van der Waals surface area contributed by atoms with Crippen LogP contribution in [0.15, 0.2) is 60.7 Å². The zero-order chi connectivity index (χ0) is 32.3.